The Balaban J connectivity index is 2.30. The third-order valence-electron chi connectivity index (χ3n) is 2.76. The predicted octanol–water partition coefficient (Wildman–Crippen LogP) is 1.24. The summed E-state index contributed by atoms with van der Waals surface area (Å²) in [7, 11) is 0. The zero-order valence-electron chi connectivity index (χ0n) is 9.94. The van der Waals surface area contributed by atoms with Crippen molar-refractivity contribution < 1.29 is 4.79 Å². The Morgan fingerprint density at radius 2 is 2.24 bits per heavy atom. The fourth-order valence-electron chi connectivity index (χ4n) is 1.90. The molecule has 0 fully saturated rings. The summed E-state index contributed by atoms with van der Waals surface area (Å²) in [6.07, 6.45) is 1.93. The third-order valence-corrected chi connectivity index (χ3v) is 2.76. The van der Waals surface area contributed by atoms with Crippen LogP contribution in [0.5, 0.6) is 0 Å². The fraction of sp³-hybridized carbons (Fsp3) is 0.308. The van der Waals surface area contributed by atoms with E-state index in [1.54, 1.807) is 0 Å². The molecule has 0 spiro atoms. The summed E-state index contributed by atoms with van der Waals surface area (Å²) < 4.78 is 1.94. The number of carbonyl (C=O) groups is 1. The molecule has 0 aliphatic carbocycles. The topological polar surface area (TPSA) is 60.0 Å². The van der Waals surface area contributed by atoms with Crippen LogP contribution in [0, 0.1) is 0 Å². The van der Waals surface area contributed by atoms with Crippen molar-refractivity contribution >= 4 is 16.8 Å². The van der Waals surface area contributed by atoms with Crippen LogP contribution in [0.15, 0.2) is 30.5 Å². The summed E-state index contributed by atoms with van der Waals surface area (Å²) >= 11 is 0. The van der Waals surface area contributed by atoms with Crippen molar-refractivity contribution in [3.8, 4) is 0 Å². The van der Waals surface area contributed by atoms with Gasteiger partial charge in [-0.2, -0.15) is 0 Å². The zero-order chi connectivity index (χ0) is 12.3. The lowest BCUT2D eigenvalue weighted by molar-refractivity contribution is -0.121. The second-order valence-electron chi connectivity index (χ2n) is 3.99. The lowest BCUT2D eigenvalue weighted by atomic mass is 10.1. The van der Waals surface area contributed by atoms with E-state index in [9.17, 15) is 4.79 Å². The molecule has 17 heavy (non-hydrogen) atoms. The molecule has 1 amide bonds. The van der Waals surface area contributed by atoms with Crippen LogP contribution in [0.3, 0.4) is 0 Å². The first kappa shape index (κ1) is 11.7. The molecule has 3 N–H and O–H groups in total. The van der Waals surface area contributed by atoms with E-state index < -0.39 is 0 Å². The van der Waals surface area contributed by atoms with Gasteiger partial charge in [-0.15, -0.1) is 0 Å². The largest absolute Gasteiger partial charge is 0.355 e. The molecular weight excluding hydrogens is 214 g/mol. The first-order valence-electron chi connectivity index (χ1n) is 5.79. The van der Waals surface area contributed by atoms with Crippen molar-refractivity contribution in [2.24, 2.45) is 5.73 Å². The van der Waals surface area contributed by atoms with E-state index in [-0.39, 0.29) is 5.91 Å². The number of fused-ring (bicyclic) bond motifs is 1. The Kier molecular flexibility index (Phi) is 3.44. The number of amides is 1. The summed E-state index contributed by atoms with van der Waals surface area (Å²) in [6.45, 7) is 3.44. The quantitative estimate of drug-likeness (QED) is 0.831. The van der Waals surface area contributed by atoms with E-state index in [2.05, 4.69) is 5.32 Å². The van der Waals surface area contributed by atoms with E-state index >= 15 is 0 Å². The van der Waals surface area contributed by atoms with Crippen molar-refractivity contribution in [1.82, 2.24) is 9.88 Å². The first-order chi connectivity index (χ1) is 8.24. The summed E-state index contributed by atoms with van der Waals surface area (Å²) in [5, 5.41) is 3.92. The van der Waals surface area contributed by atoms with Gasteiger partial charge in [0.25, 0.3) is 0 Å². The predicted molar refractivity (Wildman–Crippen MR) is 68.5 cm³/mol. The molecule has 0 bridgehead atoms. The normalized spacial score (nSPS) is 10.7. The minimum atomic E-state index is 0.0307. The average Bonchev–Trinajstić information content (AvgIpc) is 2.72. The number of hydrogen-bond donors (Lipinski definition) is 2. The Hall–Kier alpha value is -1.81. The molecule has 4 heteroatoms. The number of nitrogens with two attached hydrogens (primary N) is 1. The molecular formula is C13H17N3O. The molecule has 2 rings (SSSR count). The monoisotopic (exact) mass is 231 g/mol. The molecule has 0 saturated carbocycles. The highest BCUT2D eigenvalue weighted by Gasteiger charge is 2.05. The molecule has 0 unspecified atom stereocenters. The minimum absolute atomic E-state index is 0.0307. The van der Waals surface area contributed by atoms with Crippen LogP contribution in [0.4, 0.5) is 0 Å². The Bertz CT molecular complexity index is 530. The maximum Gasteiger partial charge on any atom is 0.239 e. The number of nitrogens with one attached hydrogen (secondary N) is 1. The third kappa shape index (κ3) is 2.47. The minimum Gasteiger partial charge on any atom is -0.355 e. The lowest BCUT2D eigenvalue weighted by Gasteiger charge is -2.06. The molecule has 0 aliphatic rings. The first-order valence-corrected chi connectivity index (χ1v) is 5.79. The number of rotatable bonds is 4. The van der Waals surface area contributed by atoms with Gasteiger partial charge in [0, 0.05) is 24.8 Å². The van der Waals surface area contributed by atoms with Gasteiger partial charge in [0.1, 0.15) is 6.54 Å². The number of carbonyl (C=O) groups excluding carboxylic acids is 1. The molecule has 1 aromatic carbocycles. The molecule has 4 nitrogen and oxygen atoms in total. The maximum atomic E-state index is 11.6. The van der Waals surface area contributed by atoms with Crippen LogP contribution < -0.4 is 11.1 Å². The van der Waals surface area contributed by atoms with Crippen LogP contribution in [-0.4, -0.2) is 17.0 Å². The van der Waals surface area contributed by atoms with Crippen molar-refractivity contribution in [1.29, 1.82) is 0 Å². The van der Waals surface area contributed by atoms with Gasteiger partial charge in [-0.1, -0.05) is 12.1 Å². The van der Waals surface area contributed by atoms with Crippen LogP contribution in [-0.2, 0) is 17.9 Å². The van der Waals surface area contributed by atoms with Crippen molar-refractivity contribution in [2.75, 3.05) is 6.54 Å². The van der Waals surface area contributed by atoms with Gasteiger partial charge in [-0.05, 0) is 30.0 Å². The molecule has 1 heterocycles. The molecule has 0 saturated heterocycles. The standard InChI is InChI=1S/C13H17N3O/c1-2-15-13(17)9-16-6-5-11-4-3-10(8-14)7-12(11)16/h3-7H,2,8-9,14H2,1H3,(H,15,17). The maximum absolute atomic E-state index is 11.6. The fourth-order valence-corrected chi connectivity index (χ4v) is 1.90. The number of benzene rings is 1. The summed E-state index contributed by atoms with van der Waals surface area (Å²) in [6, 6.07) is 8.09. The molecule has 0 aliphatic heterocycles. The van der Waals surface area contributed by atoms with Gasteiger partial charge >= 0.3 is 0 Å². The van der Waals surface area contributed by atoms with Crippen molar-refractivity contribution in [3.63, 3.8) is 0 Å². The van der Waals surface area contributed by atoms with E-state index in [1.807, 2.05) is 42.0 Å². The second-order valence-corrected chi connectivity index (χ2v) is 3.99. The molecule has 0 atom stereocenters. The summed E-state index contributed by atoms with van der Waals surface area (Å²) in [4.78, 5) is 11.6. The number of likely N-dealkylation sites (N-methyl/N-ethyl adjacent to an activating group) is 1. The van der Waals surface area contributed by atoms with Gasteiger partial charge in [-0.3, -0.25) is 4.79 Å². The van der Waals surface area contributed by atoms with Crippen molar-refractivity contribution in [3.05, 3.63) is 36.0 Å². The van der Waals surface area contributed by atoms with Gasteiger partial charge in [-0.25, -0.2) is 0 Å². The number of nitrogens with zero attached hydrogens (tertiary/aromatic N) is 1. The van der Waals surface area contributed by atoms with Gasteiger partial charge in [0.15, 0.2) is 0 Å². The van der Waals surface area contributed by atoms with Gasteiger partial charge < -0.3 is 15.6 Å². The van der Waals surface area contributed by atoms with Crippen LogP contribution in [0.2, 0.25) is 0 Å². The summed E-state index contributed by atoms with van der Waals surface area (Å²) in [5.41, 5.74) is 7.75. The average molecular weight is 231 g/mol. The van der Waals surface area contributed by atoms with E-state index in [1.165, 1.54) is 0 Å². The van der Waals surface area contributed by atoms with Gasteiger partial charge in [0.05, 0.1) is 0 Å². The molecule has 2 aromatic rings. The second kappa shape index (κ2) is 5.01. The van der Waals surface area contributed by atoms with Gasteiger partial charge in [0.2, 0.25) is 5.91 Å². The van der Waals surface area contributed by atoms with Crippen molar-refractivity contribution in [2.45, 2.75) is 20.0 Å². The highest BCUT2D eigenvalue weighted by molar-refractivity contribution is 5.83. The van der Waals surface area contributed by atoms with Crippen LogP contribution in [0.1, 0.15) is 12.5 Å². The van der Waals surface area contributed by atoms with E-state index in [4.69, 9.17) is 5.73 Å². The van der Waals surface area contributed by atoms with Crippen LogP contribution in [0.25, 0.3) is 10.9 Å². The highest BCUT2D eigenvalue weighted by atomic mass is 16.1. The molecule has 0 radical (unpaired) electrons. The number of hydrogen-bond acceptors (Lipinski definition) is 2. The molecule has 90 valence electrons. The van der Waals surface area contributed by atoms with Crippen LogP contribution >= 0.6 is 0 Å². The Morgan fingerprint density at radius 3 is 2.94 bits per heavy atom. The SMILES string of the molecule is CCNC(=O)Cn1ccc2ccc(CN)cc21. The summed E-state index contributed by atoms with van der Waals surface area (Å²) in [5.74, 6) is 0.0307. The van der Waals surface area contributed by atoms with E-state index in [0.29, 0.717) is 19.6 Å². The Labute approximate surface area is 100 Å². The van der Waals surface area contributed by atoms with E-state index in [0.717, 1.165) is 16.5 Å². The smallest absolute Gasteiger partial charge is 0.239 e. The Morgan fingerprint density at radius 1 is 1.41 bits per heavy atom. The number of aromatic nitrogens is 1. The molecule has 1 aromatic heterocycles. The highest BCUT2D eigenvalue weighted by Crippen LogP contribution is 2.17. The zero-order valence-corrected chi connectivity index (χ0v) is 9.94. The lowest BCUT2D eigenvalue weighted by Crippen LogP contribution is -2.26.